The van der Waals surface area contributed by atoms with Crippen molar-refractivity contribution in [2.75, 3.05) is 18.0 Å². The molecule has 1 aliphatic heterocycles. The fourth-order valence-electron chi connectivity index (χ4n) is 3.83. The van der Waals surface area contributed by atoms with Gasteiger partial charge in [0.25, 0.3) is 5.91 Å². The highest BCUT2D eigenvalue weighted by atomic mass is 16.6. The van der Waals surface area contributed by atoms with Crippen LogP contribution in [0, 0.1) is 0 Å². The highest BCUT2D eigenvalue weighted by Crippen LogP contribution is 2.24. The Kier molecular flexibility index (Phi) is 5.67. The molecular formula is C24H28N4O3. The highest BCUT2D eigenvalue weighted by Gasteiger charge is 2.40. The number of hydrogen-bond donors (Lipinski definition) is 0. The van der Waals surface area contributed by atoms with Gasteiger partial charge in [-0.15, -0.1) is 0 Å². The van der Waals surface area contributed by atoms with Crippen molar-refractivity contribution in [1.29, 1.82) is 0 Å². The molecule has 2 aromatic heterocycles. The number of rotatable bonds is 4. The van der Waals surface area contributed by atoms with Crippen LogP contribution in [0.25, 0.3) is 5.65 Å². The lowest BCUT2D eigenvalue weighted by Crippen LogP contribution is -2.59. The van der Waals surface area contributed by atoms with Crippen LogP contribution in [0.5, 0.6) is 0 Å². The lowest BCUT2D eigenvalue weighted by atomic mass is 10.0. The number of carbonyl (C=O) groups is 2. The summed E-state index contributed by atoms with van der Waals surface area (Å²) in [6, 6.07) is 15.1. The number of hydrogen-bond acceptors (Lipinski definition) is 4. The SMILES string of the molecule is CC(C)(C)OC(=O)N1CCN(c2cn3ccccc3n2)C(=O)[C@H]1CCc1ccccc1. The number of aromatic nitrogens is 2. The van der Waals surface area contributed by atoms with Crippen LogP contribution in [0.15, 0.2) is 60.9 Å². The monoisotopic (exact) mass is 420 g/mol. The summed E-state index contributed by atoms with van der Waals surface area (Å²) in [5.41, 5.74) is 1.29. The third-order valence-corrected chi connectivity index (χ3v) is 5.30. The van der Waals surface area contributed by atoms with Crippen LogP contribution in [0.4, 0.5) is 10.6 Å². The van der Waals surface area contributed by atoms with E-state index in [9.17, 15) is 9.59 Å². The Morgan fingerprint density at radius 1 is 1.10 bits per heavy atom. The minimum absolute atomic E-state index is 0.128. The number of pyridine rings is 1. The molecule has 0 unspecified atom stereocenters. The molecule has 1 fully saturated rings. The van der Waals surface area contributed by atoms with Crippen molar-refractivity contribution in [3.8, 4) is 0 Å². The molecule has 3 heterocycles. The van der Waals surface area contributed by atoms with E-state index < -0.39 is 17.7 Å². The van der Waals surface area contributed by atoms with Gasteiger partial charge in [-0.25, -0.2) is 9.78 Å². The maximum absolute atomic E-state index is 13.5. The van der Waals surface area contributed by atoms with Crippen LogP contribution in [-0.4, -0.2) is 51.0 Å². The van der Waals surface area contributed by atoms with Gasteiger partial charge >= 0.3 is 6.09 Å². The van der Waals surface area contributed by atoms with E-state index in [0.29, 0.717) is 31.7 Å². The summed E-state index contributed by atoms with van der Waals surface area (Å²) in [6.45, 7) is 6.27. The number of imidazole rings is 1. The normalized spacial score (nSPS) is 17.3. The predicted molar refractivity (Wildman–Crippen MR) is 119 cm³/mol. The molecule has 7 heteroatoms. The fraction of sp³-hybridized carbons (Fsp3) is 0.375. The molecule has 0 radical (unpaired) electrons. The molecule has 0 N–H and O–H groups in total. The van der Waals surface area contributed by atoms with Gasteiger partial charge in [0, 0.05) is 19.3 Å². The summed E-state index contributed by atoms with van der Waals surface area (Å²) in [7, 11) is 0. The first-order valence-corrected chi connectivity index (χ1v) is 10.6. The number of benzene rings is 1. The maximum Gasteiger partial charge on any atom is 0.411 e. The van der Waals surface area contributed by atoms with Crippen LogP contribution in [0.2, 0.25) is 0 Å². The second-order valence-electron chi connectivity index (χ2n) is 8.77. The molecular weight excluding hydrogens is 392 g/mol. The fourth-order valence-corrected chi connectivity index (χ4v) is 3.83. The molecule has 2 amide bonds. The summed E-state index contributed by atoms with van der Waals surface area (Å²) in [5.74, 6) is 0.473. The van der Waals surface area contributed by atoms with E-state index >= 15 is 0 Å². The topological polar surface area (TPSA) is 67.2 Å². The van der Waals surface area contributed by atoms with E-state index in [2.05, 4.69) is 4.98 Å². The number of ether oxygens (including phenoxy) is 1. The van der Waals surface area contributed by atoms with E-state index in [0.717, 1.165) is 11.2 Å². The van der Waals surface area contributed by atoms with E-state index in [4.69, 9.17) is 4.74 Å². The standard InChI is InChI=1S/C24H28N4O3/c1-24(2,3)31-23(30)27-15-16-28(21-17-26-14-8-7-11-20(26)25-21)22(29)19(27)13-12-18-9-5-4-6-10-18/h4-11,14,17,19H,12-13,15-16H2,1-3H3/t19-/m1/s1. The quantitative estimate of drug-likeness (QED) is 0.642. The zero-order chi connectivity index (χ0) is 22.0. The molecule has 1 atom stereocenters. The summed E-state index contributed by atoms with van der Waals surface area (Å²) < 4.78 is 7.48. The Bertz CT molecular complexity index is 1040. The number of carbonyl (C=O) groups excluding carboxylic acids is 2. The van der Waals surface area contributed by atoms with Gasteiger partial charge in [-0.3, -0.25) is 14.6 Å². The third kappa shape index (κ3) is 4.71. The van der Waals surface area contributed by atoms with E-state index in [1.165, 1.54) is 0 Å². The summed E-state index contributed by atoms with van der Waals surface area (Å²) in [6.07, 6.45) is 4.51. The molecule has 0 bridgehead atoms. The van der Waals surface area contributed by atoms with Crippen molar-refractivity contribution < 1.29 is 14.3 Å². The van der Waals surface area contributed by atoms with Crippen molar-refractivity contribution in [1.82, 2.24) is 14.3 Å². The van der Waals surface area contributed by atoms with Crippen molar-refractivity contribution in [3.63, 3.8) is 0 Å². The molecule has 7 nitrogen and oxygen atoms in total. The van der Waals surface area contributed by atoms with Crippen LogP contribution in [0.3, 0.4) is 0 Å². The van der Waals surface area contributed by atoms with Gasteiger partial charge in [0.05, 0.1) is 6.20 Å². The molecule has 162 valence electrons. The second-order valence-corrected chi connectivity index (χ2v) is 8.77. The zero-order valence-electron chi connectivity index (χ0n) is 18.2. The van der Waals surface area contributed by atoms with Gasteiger partial charge in [-0.1, -0.05) is 36.4 Å². The largest absolute Gasteiger partial charge is 0.444 e. The van der Waals surface area contributed by atoms with Gasteiger partial charge in [-0.05, 0) is 51.3 Å². The number of piperazine rings is 1. The smallest absolute Gasteiger partial charge is 0.411 e. The van der Waals surface area contributed by atoms with E-state index in [1.54, 1.807) is 9.80 Å². The Hall–Kier alpha value is -3.35. The average molecular weight is 421 g/mol. The third-order valence-electron chi connectivity index (χ3n) is 5.30. The molecule has 0 saturated carbocycles. The Labute approximate surface area is 182 Å². The average Bonchev–Trinajstić information content (AvgIpc) is 3.16. The first-order valence-electron chi connectivity index (χ1n) is 10.6. The van der Waals surface area contributed by atoms with Gasteiger partial charge in [0.2, 0.25) is 0 Å². The minimum atomic E-state index is -0.622. The van der Waals surface area contributed by atoms with Crippen LogP contribution in [0.1, 0.15) is 32.8 Å². The molecule has 3 aromatic rings. The number of amides is 2. The number of aryl methyl sites for hydroxylation is 1. The van der Waals surface area contributed by atoms with E-state index in [-0.39, 0.29) is 5.91 Å². The van der Waals surface area contributed by atoms with Gasteiger partial charge in [-0.2, -0.15) is 0 Å². The predicted octanol–water partition coefficient (Wildman–Crippen LogP) is 3.92. The summed E-state index contributed by atoms with van der Waals surface area (Å²) in [5, 5.41) is 0. The van der Waals surface area contributed by atoms with E-state index in [1.807, 2.05) is 86.1 Å². The molecule has 4 rings (SSSR count). The van der Waals surface area contributed by atoms with Crippen LogP contribution in [-0.2, 0) is 16.0 Å². The molecule has 1 aromatic carbocycles. The molecule has 1 saturated heterocycles. The minimum Gasteiger partial charge on any atom is -0.444 e. The van der Waals surface area contributed by atoms with Gasteiger partial charge < -0.3 is 9.14 Å². The first-order chi connectivity index (χ1) is 14.8. The van der Waals surface area contributed by atoms with Crippen molar-refractivity contribution in [3.05, 3.63) is 66.5 Å². The summed E-state index contributed by atoms with van der Waals surface area (Å²) in [4.78, 5) is 34.3. The van der Waals surface area contributed by atoms with Gasteiger partial charge in [0.1, 0.15) is 17.3 Å². The van der Waals surface area contributed by atoms with Gasteiger partial charge in [0.15, 0.2) is 5.82 Å². The number of nitrogens with zero attached hydrogens (tertiary/aromatic N) is 4. The van der Waals surface area contributed by atoms with Crippen LogP contribution < -0.4 is 4.90 Å². The molecule has 0 spiro atoms. The highest BCUT2D eigenvalue weighted by molar-refractivity contribution is 5.99. The first kappa shape index (κ1) is 20.9. The van der Waals surface area contributed by atoms with Crippen molar-refractivity contribution >= 4 is 23.5 Å². The Balaban J connectivity index is 1.59. The molecule has 1 aliphatic rings. The Morgan fingerprint density at radius 2 is 1.84 bits per heavy atom. The Morgan fingerprint density at radius 3 is 2.55 bits per heavy atom. The second kappa shape index (κ2) is 8.41. The van der Waals surface area contributed by atoms with Crippen molar-refractivity contribution in [2.45, 2.75) is 45.3 Å². The van der Waals surface area contributed by atoms with Crippen molar-refractivity contribution in [2.24, 2.45) is 0 Å². The lowest BCUT2D eigenvalue weighted by molar-refractivity contribution is -0.126. The zero-order valence-corrected chi connectivity index (χ0v) is 18.2. The number of anilines is 1. The number of fused-ring (bicyclic) bond motifs is 1. The maximum atomic E-state index is 13.5. The lowest BCUT2D eigenvalue weighted by Gasteiger charge is -2.40. The molecule has 0 aliphatic carbocycles. The molecule has 31 heavy (non-hydrogen) atoms. The summed E-state index contributed by atoms with van der Waals surface area (Å²) >= 11 is 0. The van der Waals surface area contributed by atoms with Crippen LogP contribution >= 0.6 is 0 Å².